The second-order valence-electron chi connectivity index (χ2n) is 6.77. The van der Waals surface area contributed by atoms with Crippen LogP contribution in [0.1, 0.15) is 46.5 Å². The Morgan fingerprint density at radius 1 is 1.25 bits per heavy atom. The molecule has 2 N–H and O–H groups in total. The summed E-state index contributed by atoms with van der Waals surface area (Å²) in [6.07, 6.45) is 3.74. The topological polar surface area (TPSA) is 75.6 Å². The van der Waals surface area contributed by atoms with E-state index in [-0.39, 0.29) is 23.8 Å². The maximum absolute atomic E-state index is 12.1. The van der Waals surface area contributed by atoms with Gasteiger partial charge in [-0.1, -0.05) is 20.8 Å². The maximum atomic E-state index is 12.1. The van der Waals surface area contributed by atoms with E-state index in [9.17, 15) is 9.59 Å². The van der Waals surface area contributed by atoms with Crippen LogP contribution in [0.2, 0.25) is 0 Å². The van der Waals surface area contributed by atoms with Gasteiger partial charge in [-0.05, 0) is 37.0 Å². The van der Waals surface area contributed by atoms with Gasteiger partial charge in [0.1, 0.15) is 0 Å². The number of hydrogen-bond donors (Lipinski definition) is 2. The lowest BCUT2D eigenvalue weighted by Gasteiger charge is -2.36. The molecule has 1 fully saturated rings. The SMILES string of the molecule is COCC(NC(=O)C1CCC(C(C)(C)C)CC1)C(=O)O. The van der Waals surface area contributed by atoms with Gasteiger partial charge in [-0.25, -0.2) is 4.79 Å². The minimum atomic E-state index is -1.05. The zero-order chi connectivity index (χ0) is 15.3. The fourth-order valence-corrected chi connectivity index (χ4v) is 2.85. The van der Waals surface area contributed by atoms with Crippen LogP contribution in [0.25, 0.3) is 0 Å². The van der Waals surface area contributed by atoms with E-state index in [0.717, 1.165) is 25.7 Å². The highest BCUT2D eigenvalue weighted by Gasteiger charge is 2.33. The number of aliphatic carboxylic acids is 1. The van der Waals surface area contributed by atoms with Gasteiger partial charge < -0.3 is 15.2 Å². The minimum Gasteiger partial charge on any atom is -0.480 e. The van der Waals surface area contributed by atoms with E-state index in [2.05, 4.69) is 26.1 Å². The Labute approximate surface area is 121 Å². The predicted octanol–water partition coefficient (Wildman–Crippen LogP) is 2.05. The highest BCUT2D eigenvalue weighted by Crippen LogP contribution is 2.39. The van der Waals surface area contributed by atoms with Gasteiger partial charge in [0, 0.05) is 13.0 Å². The molecule has 5 nitrogen and oxygen atoms in total. The van der Waals surface area contributed by atoms with Crippen LogP contribution in [0.4, 0.5) is 0 Å². The van der Waals surface area contributed by atoms with Crippen LogP contribution in [0.3, 0.4) is 0 Å². The average Bonchev–Trinajstić information content (AvgIpc) is 2.37. The van der Waals surface area contributed by atoms with E-state index in [4.69, 9.17) is 9.84 Å². The first-order chi connectivity index (χ1) is 9.25. The van der Waals surface area contributed by atoms with Crippen LogP contribution in [0.15, 0.2) is 0 Å². The van der Waals surface area contributed by atoms with E-state index in [1.54, 1.807) is 0 Å². The lowest BCUT2D eigenvalue weighted by atomic mass is 9.69. The molecular formula is C15H27NO4. The summed E-state index contributed by atoms with van der Waals surface area (Å²) in [6.45, 7) is 6.70. The van der Waals surface area contributed by atoms with Crippen molar-refractivity contribution >= 4 is 11.9 Å². The predicted molar refractivity (Wildman–Crippen MR) is 76.3 cm³/mol. The molecule has 0 aromatic carbocycles. The van der Waals surface area contributed by atoms with Crippen LogP contribution < -0.4 is 5.32 Å². The number of carbonyl (C=O) groups excluding carboxylic acids is 1. The molecule has 116 valence electrons. The van der Waals surface area contributed by atoms with Gasteiger partial charge in [0.2, 0.25) is 5.91 Å². The molecule has 1 unspecified atom stereocenters. The second-order valence-corrected chi connectivity index (χ2v) is 6.77. The summed E-state index contributed by atoms with van der Waals surface area (Å²) in [6, 6.07) is -0.951. The molecule has 0 aliphatic heterocycles. The fourth-order valence-electron chi connectivity index (χ4n) is 2.85. The Bertz CT molecular complexity index is 340. The standard InChI is InChI=1S/C15H27NO4/c1-15(2,3)11-7-5-10(6-8-11)13(17)16-12(9-20-4)14(18)19/h10-12H,5-9H2,1-4H3,(H,16,17)(H,18,19). The average molecular weight is 285 g/mol. The number of carboxylic acid groups (broad SMARTS) is 1. The molecule has 0 radical (unpaired) electrons. The van der Waals surface area contributed by atoms with Crippen molar-refractivity contribution in [1.29, 1.82) is 0 Å². The number of nitrogens with one attached hydrogen (secondary N) is 1. The van der Waals surface area contributed by atoms with E-state index < -0.39 is 12.0 Å². The van der Waals surface area contributed by atoms with Crippen LogP contribution in [0.5, 0.6) is 0 Å². The molecule has 0 aromatic rings. The number of ether oxygens (including phenoxy) is 1. The lowest BCUT2D eigenvalue weighted by Crippen LogP contribution is -2.47. The molecule has 0 heterocycles. The Morgan fingerprint density at radius 2 is 1.80 bits per heavy atom. The van der Waals surface area contributed by atoms with E-state index >= 15 is 0 Å². The number of amides is 1. The van der Waals surface area contributed by atoms with Crippen molar-refractivity contribution in [3.8, 4) is 0 Å². The third-order valence-electron chi connectivity index (χ3n) is 4.27. The van der Waals surface area contributed by atoms with Crippen molar-refractivity contribution in [3.63, 3.8) is 0 Å². The monoisotopic (exact) mass is 285 g/mol. The maximum Gasteiger partial charge on any atom is 0.328 e. The first kappa shape index (κ1) is 17.0. The fraction of sp³-hybridized carbons (Fsp3) is 0.867. The van der Waals surface area contributed by atoms with Crippen molar-refractivity contribution in [2.45, 2.75) is 52.5 Å². The molecule has 20 heavy (non-hydrogen) atoms. The first-order valence-electron chi connectivity index (χ1n) is 7.27. The summed E-state index contributed by atoms with van der Waals surface area (Å²) in [7, 11) is 1.43. The normalized spacial score (nSPS) is 25.0. The van der Waals surface area contributed by atoms with Crippen LogP contribution in [0, 0.1) is 17.3 Å². The molecule has 1 aliphatic carbocycles. The molecule has 1 saturated carbocycles. The largest absolute Gasteiger partial charge is 0.480 e. The number of hydrogen-bond acceptors (Lipinski definition) is 3. The van der Waals surface area contributed by atoms with E-state index in [1.807, 2.05) is 0 Å². The summed E-state index contributed by atoms with van der Waals surface area (Å²) in [5.74, 6) is -0.626. The van der Waals surface area contributed by atoms with E-state index in [0.29, 0.717) is 5.92 Å². The van der Waals surface area contributed by atoms with Gasteiger partial charge in [-0.2, -0.15) is 0 Å². The summed E-state index contributed by atoms with van der Waals surface area (Å²) in [5.41, 5.74) is 0.279. The molecule has 0 bridgehead atoms. The number of carboxylic acids is 1. The Hall–Kier alpha value is -1.10. The summed E-state index contributed by atoms with van der Waals surface area (Å²) < 4.78 is 4.82. The lowest BCUT2D eigenvalue weighted by molar-refractivity contribution is -0.144. The van der Waals surface area contributed by atoms with Crippen LogP contribution in [-0.4, -0.2) is 36.7 Å². The zero-order valence-electron chi connectivity index (χ0n) is 12.9. The Kier molecular flexibility index (Phi) is 5.99. The van der Waals surface area contributed by atoms with Gasteiger partial charge in [-0.15, -0.1) is 0 Å². The smallest absolute Gasteiger partial charge is 0.328 e. The second kappa shape index (κ2) is 7.07. The van der Waals surface area contributed by atoms with E-state index in [1.165, 1.54) is 7.11 Å². The Balaban J connectivity index is 2.48. The number of carbonyl (C=O) groups is 2. The number of rotatable bonds is 5. The number of methoxy groups -OCH3 is 1. The molecule has 0 saturated heterocycles. The third-order valence-corrected chi connectivity index (χ3v) is 4.27. The third kappa shape index (κ3) is 4.78. The summed E-state index contributed by atoms with van der Waals surface area (Å²) in [5, 5.41) is 11.6. The van der Waals surface area contributed by atoms with Gasteiger partial charge >= 0.3 is 5.97 Å². The molecular weight excluding hydrogens is 258 g/mol. The van der Waals surface area contributed by atoms with Crippen molar-refractivity contribution in [2.24, 2.45) is 17.3 Å². The zero-order valence-corrected chi connectivity index (χ0v) is 12.9. The van der Waals surface area contributed by atoms with Gasteiger partial charge in [-0.3, -0.25) is 4.79 Å². The minimum absolute atomic E-state index is 0.00158. The first-order valence-corrected chi connectivity index (χ1v) is 7.27. The van der Waals surface area contributed by atoms with Gasteiger partial charge in [0.15, 0.2) is 6.04 Å². The van der Waals surface area contributed by atoms with Crippen molar-refractivity contribution < 1.29 is 19.4 Å². The summed E-state index contributed by atoms with van der Waals surface area (Å²) in [4.78, 5) is 23.1. The molecule has 1 atom stereocenters. The van der Waals surface area contributed by atoms with Crippen LogP contribution in [-0.2, 0) is 14.3 Å². The quantitative estimate of drug-likeness (QED) is 0.810. The molecule has 1 amide bonds. The van der Waals surface area contributed by atoms with Gasteiger partial charge in [0.05, 0.1) is 6.61 Å². The highest BCUT2D eigenvalue weighted by atomic mass is 16.5. The van der Waals surface area contributed by atoms with Crippen LogP contribution >= 0.6 is 0 Å². The van der Waals surface area contributed by atoms with Crippen molar-refractivity contribution in [3.05, 3.63) is 0 Å². The molecule has 1 rings (SSSR count). The van der Waals surface area contributed by atoms with Gasteiger partial charge in [0.25, 0.3) is 0 Å². The Morgan fingerprint density at radius 3 is 2.20 bits per heavy atom. The van der Waals surface area contributed by atoms with Crippen molar-refractivity contribution in [2.75, 3.05) is 13.7 Å². The molecule has 0 aromatic heterocycles. The highest BCUT2D eigenvalue weighted by molar-refractivity contribution is 5.85. The molecule has 1 aliphatic rings. The van der Waals surface area contributed by atoms with Crippen molar-refractivity contribution in [1.82, 2.24) is 5.32 Å². The molecule has 0 spiro atoms. The summed E-state index contributed by atoms with van der Waals surface area (Å²) >= 11 is 0. The molecule has 5 heteroatoms.